The van der Waals surface area contributed by atoms with Gasteiger partial charge in [0.15, 0.2) is 0 Å². The molecule has 10 rings (SSSR count). The molecule has 0 aliphatic carbocycles. The number of para-hydroxylation sites is 1. The zero-order valence-corrected chi connectivity index (χ0v) is 51.6. The van der Waals surface area contributed by atoms with Crippen LogP contribution in [0.2, 0.25) is 0 Å². The predicted molar refractivity (Wildman–Crippen MR) is 325 cm³/mol. The van der Waals surface area contributed by atoms with Crippen LogP contribution in [0.4, 0.5) is 22.9 Å². The second-order valence-corrected chi connectivity index (χ2v) is 27.5. The Balaban J connectivity index is 0.00000740. The van der Waals surface area contributed by atoms with Crippen molar-refractivity contribution < 1.29 is 25.8 Å². The molecule has 0 bridgehead atoms. The monoisotopic (exact) mass is 1210 g/mol. The van der Waals surface area contributed by atoms with Gasteiger partial charge in [-0.1, -0.05) is 185 Å². The van der Waals surface area contributed by atoms with Gasteiger partial charge in [-0.05, 0) is 125 Å². The second kappa shape index (κ2) is 20.0. The average molecular weight is 1210 g/mol. The van der Waals surface area contributed by atoms with Crippen LogP contribution in [-0.4, -0.2) is 14.5 Å². The first-order valence-electron chi connectivity index (χ1n) is 27.5. The Kier molecular flexibility index (Phi) is 14.4. The summed E-state index contributed by atoms with van der Waals surface area (Å²) in [4.78, 5) is 14.7. The number of anilines is 4. The largest absolute Gasteiger partial charge is 0.509 e. The van der Waals surface area contributed by atoms with E-state index in [1.807, 2.05) is 36.7 Å². The molecule has 0 saturated heterocycles. The molecule has 0 atom stereocenters. The molecule has 0 saturated carbocycles. The van der Waals surface area contributed by atoms with Crippen molar-refractivity contribution in [1.82, 2.24) is 14.5 Å². The van der Waals surface area contributed by atoms with Crippen LogP contribution in [0, 0.1) is 18.8 Å². The van der Waals surface area contributed by atoms with Gasteiger partial charge in [-0.15, -0.1) is 48.1 Å². The average Bonchev–Trinajstić information content (AvgIpc) is 4.11. The summed E-state index contributed by atoms with van der Waals surface area (Å²) in [5, 5.41) is 2.22. The van der Waals surface area contributed by atoms with E-state index in [0.717, 1.165) is 61.6 Å². The van der Waals surface area contributed by atoms with E-state index in [0.29, 0.717) is 11.5 Å². The van der Waals surface area contributed by atoms with E-state index < -0.39 is 0 Å². The van der Waals surface area contributed by atoms with E-state index in [1.54, 1.807) is 0 Å². The fourth-order valence-corrected chi connectivity index (χ4v) is 10.8. The molecule has 0 amide bonds. The van der Waals surface area contributed by atoms with E-state index in [4.69, 9.17) is 14.7 Å². The van der Waals surface area contributed by atoms with Crippen molar-refractivity contribution in [3.05, 3.63) is 192 Å². The Hall–Kier alpha value is -6.49. The van der Waals surface area contributed by atoms with Crippen LogP contribution >= 0.6 is 0 Å². The fourth-order valence-electron chi connectivity index (χ4n) is 10.8. The summed E-state index contributed by atoms with van der Waals surface area (Å²) in [7, 11) is 0. The Bertz CT molecular complexity index is 3630. The van der Waals surface area contributed by atoms with Gasteiger partial charge < -0.3 is 19.1 Å². The first kappa shape index (κ1) is 56.2. The standard InChI is InChI=1S/C71H78N5O.Pt/c1-66(2,3)45-28-31-52(58(39-45)70(13,14)15)56-37-48(69(10,11)12)38-57(53-32-29-46(67(4,5)6)40-59(53)71(16,17)18)64(56)75-44-74(61-27-22-35-73-65(61)75)49-23-21-24-50(42-49)77-51-30-33-55-54-25-19-20-26-60(54)76(62(55)43-51)63-41-47(34-36-72-63)68(7,8)9;/h19-41,44H,1-18H3;/q-3;. The van der Waals surface area contributed by atoms with Crippen molar-refractivity contribution in [2.24, 2.45) is 0 Å². The molecule has 0 fully saturated rings. The molecular formula is C71H78N5OPt-3. The Morgan fingerprint density at radius 2 is 1.00 bits per heavy atom. The molecule has 0 radical (unpaired) electrons. The number of hydrogen-bond donors (Lipinski definition) is 0. The minimum absolute atomic E-state index is 0. The molecule has 9 aromatic rings. The van der Waals surface area contributed by atoms with Gasteiger partial charge in [-0.3, -0.25) is 0 Å². The summed E-state index contributed by atoms with van der Waals surface area (Å²) in [6, 6.07) is 53.9. The zero-order chi connectivity index (χ0) is 55.4. The third-order valence-electron chi connectivity index (χ3n) is 15.3. The third-order valence-corrected chi connectivity index (χ3v) is 15.3. The minimum atomic E-state index is -0.171. The molecule has 78 heavy (non-hydrogen) atoms. The number of nitrogens with zero attached hydrogens (tertiary/aromatic N) is 5. The molecule has 6 nitrogen and oxygen atoms in total. The van der Waals surface area contributed by atoms with E-state index in [2.05, 4.69) is 261 Å². The minimum Gasteiger partial charge on any atom is -0.509 e. The Labute approximate surface area is 480 Å². The maximum atomic E-state index is 6.79. The van der Waals surface area contributed by atoms with Crippen LogP contribution in [0.1, 0.15) is 158 Å². The Morgan fingerprint density at radius 3 is 1.58 bits per heavy atom. The van der Waals surface area contributed by atoms with Crippen LogP contribution in [0.3, 0.4) is 0 Å². The van der Waals surface area contributed by atoms with Crippen molar-refractivity contribution in [1.29, 1.82) is 0 Å². The summed E-state index contributed by atoms with van der Waals surface area (Å²) in [5.41, 5.74) is 16.7. The summed E-state index contributed by atoms with van der Waals surface area (Å²) < 4.78 is 8.99. The summed E-state index contributed by atoms with van der Waals surface area (Å²) in [5.74, 6) is 2.84. The second-order valence-electron chi connectivity index (χ2n) is 27.5. The maximum absolute atomic E-state index is 6.79. The van der Waals surface area contributed by atoms with Crippen molar-refractivity contribution in [3.8, 4) is 39.6 Å². The Morgan fingerprint density at radius 1 is 0.436 bits per heavy atom. The predicted octanol–water partition coefficient (Wildman–Crippen LogP) is 19.5. The van der Waals surface area contributed by atoms with Gasteiger partial charge in [-0.25, -0.2) is 9.97 Å². The summed E-state index contributed by atoms with van der Waals surface area (Å²) >= 11 is 0. The number of fused-ring (bicyclic) bond motifs is 4. The van der Waals surface area contributed by atoms with Crippen LogP contribution < -0.4 is 14.5 Å². The zero-order valence-electron chi connectivity index (χ0n) is 49.3. The first-order valence-corrected chi connectivity index (χ1v) is 27.5. The number of rotatable bonds is 7. The quantitative estimate of drug-likeness (QED) is 0.149. The fraction of sp³-hybridized carbons (Fsp3) is 0.338. The molecule has 0 unspecified atom stereocenters. The number of pyridine rings is 2. The molecule has 7 heteroatoms. The van der Waals surface area contributed by atoms with Crippen LogP contribution in [-0.2, 0) is 53.6 Å². The first-order chi connectivity index (χ1) is 36.0. The SMILES string of the molecule is CC(C)(C)c1ccnc(-n2c3[c-]c(Oc4[c-]c(N5[CH-]N(c6c(-c7ccc(C(C)(C)C)cc7C(C)(C)C)cc(C(C)(C)C)cc6-c6ccc(C(C)(C)C)cc6C(C)(C)C)c6ncccc65)ccc4)ccc3c3ccccc32)c1.[Pt]. The summed E-state index contributed by atoms with van der Waals surface area (Å²) in [6.07, 6.45) is 3.82. The van der Waals surface area contributed by atoms with Crippen LogP contribution in [0.25, 0.3) is 49.9 Å². The van der Waals surface area contributed by atoms with E-state index in [1.165, 1.54) is 44.5 Å². The number of hydrogen-bond acceptors (Lipinski definition) is 5. The third kappa shape index (κ3) is 10.7. The van der Waals surface area contributed by atoms with Gasteiger partial charge in [0, 0.05) is 67.3 Å². The van der Waals surface area contributed by atoms with E-state index in [-0.39, 0.29) is 53.6 Å². The van der Waals surface area contributed by atoms with E-state index in [9.17, 15) is 0 Å². The van der Waals surface area contributed by atoms with Gasteiger partial charge in [0.1, 0.15) is 11.6 Å². The van der Waals surface area contributed by atoms with Crippen molar-refractivity contribution in [2.45, 2.75) is 157 Å². The van der Waals surface area contributed by atoms with Crippen LogP contribution in [0.5, 0.6) is 11.5 Å². The number of aromatic nitrogens is 3. The molecule has 406 valence electrons. The molecular weight excluding hydrogens is 1130 g/mol. The number of ether oxygens (including phenoxy) is 1. The van der Waals surface area contributed by atoms with Gasteiger partial charge >= 0.3 is 0 Å². The van der Waals surface area contributed by atoms with Gasteiger partial charge in [0.25, 0.3) is 0 Å². The van der Waals surface area contributed by atoms with Gasteiger partial charge in [0.05, 0.1) is 5.69 Å². The van der Waals surface area contributed by atoms with Gasteiger partial charge in [0.2, 0.25) is 0 Å². The molecule has 0 N–H and O–H groups in total. The van der Waals surface area contributed by atoms with Crippen molar-refractivity contribution in [3.63, 3.8) is 0 Å². The van der Waals surface area contributed by atoms with Crippen LogP contribution in [0.15, 0.2) is 140 Å². The maximum Gasteiger partial charge on any atom is 0.135 e. The topological polar surface area (TPSA) is 46.4 Å². The smallest absolute Gasteiger partial charge is 0.135 e. The van der Waals surface area contributed by atoms with Gasteiger partial charge in [-0.2, -0.15) is 12.1 Å². The molecule has 1 aliphatic rings. The molecule has 1 aliphatic heterocycles. The number of benzene rings is 6. The molecule has 4 heterocycles. The molecule has 3 aromatic heterocycles. The van der Waals surface area contributed by atoms with E-state index >= 15 is 0 Å². The van der Waals surface area contributed by atoms with Crippen molar-refractivity contribution in [2.75, 3.05) is 9.80 Å². The summed E-state index contributed by atoms with van der Waals surface area (Å²) in [6.45, 7) is 43.8. The molecule has 6 aromatic carbocycles. The normalized spacial score (nSPS) is 13.6. The van der Waals surface area contributed by atoms with Crippen molar-refractivity contribution >= 4 is 44.7 Å². The molecule has 0 spiro atoms.